The number of aromatic nitrogens is 4. The molecule has 3 aromatic carbocycles. The minimum Gasteiger partial charge on any atom is -0.340 e. The molecule has 182 valence electrons. The lowest BCUT2D eigenvalue weighted by Gasteiger charge is -2.10. The zero-order chi connectivity index (χ0) is 25.6. The monoisotopic (exact) mass is 487 g/mol. The van der Waals surface area contributed by atoms with E-state index in [1.807, 2.05) is 92.7 Å². The molecule has 3 N–H and O–H groups in total. The van der Waals surface area contributed by atoms with Crippen LogP contribution in [0.1, 0.15) is 21.7 Å². The van der Waals surface area contributed by atoms with Crippen molar-refractivity contribution in [3.05, 3.63) is 114 Å². The fourth-order valence-corrected chi connectivity index (χ4v) is 3.83. The Morgan fingerprint density at radius 3 is 2.16 bits per heavy atom. The average molecular weight is 488 g/mol. The molecule has 0 bridgehead atoms. The van der Waals surface area contributed by atoms with E-state index in [9.17, 15) is 4.79 Å². The predicted molar refractivity (Wildman–Crippen MR) is 146 cm³/mol. The molecule has 0 radical (unpaired) electrons. The van der Waals surface area contributed by atoms with Crippen LogP contribution in [0.5, 0.6) is 0 Å². The van der Waals surface area contributed by atoms with Gasteiger partial charge in [0, 0.05) is 45.6 Å². The molecule has 8 nitrogen and oxygen atoms in total. The molecule has 2 heterocycles. The first-order chi connectivity index (χ1) is 18.0. The Balaban J connectivity index is 1.23. The van der Waals surface area contributed by atoms with Gasteiger partial charge in [-0.25, -0.2) is 19.9 Å². The Labute approximate surface area is 214 Å². The molecule has 1 amide bonds. The lowest BCUT2D eigenvalue weighted by atomic mass is 10.1. The molecule has 0 saturated carbocycles. The zero-order valence-electron chi connectivity index (χ0n) is 20.4. The van der Waals surface area contributed by atoms with Crippen molar-refractivity contribution in [1.29, 1.82) is 0 Å². The molecule has 0 unspecified atom stereocenters. The fraction of sp³-hybridized carbons (Fsp3) is 0.0690. The first-order valence-corrected chi connectivity index (χ1v) is 11.8. The highest BCUT2D eigenvalue weighted by Crippen LogP contribution is 2.22. The summed E-state index contributed by atoms with van der Waals surface area (Å²) in [6.45, 7) is 3.83. The molecule has 0 aliphatic rings. The van der Waals surface area contributed by atoms with Crippen LogP contribution in [-0.2, 0) is 0 Å². The van der Waals surface area contributed by atoms with Crippen LogP contribution < -0.4 is 16.0 Å². The Kier molecular flexibility index (Phi) is 6.80. The number of benzene rings is 3. The fourth-order valence-electron chi connectivity index (χ4n) is 3.83. The minimum atomic E-state index is -0.214. The van der Waals surface area contributed by atoms with Crippen molar-refractivity contribution in [3.63, 3.8) is 0 Å². The maximum Gasteiger partial charge on any atom is 0.255 e. The summed E-state index contributed by atoms with van der Waals surface area (Å²) in [4.78, 5) is 30.3. The van der Waals surface area contributed by atoms with Gasteiger partial charge in [-0.1, -0.05) is 36.4 Å². The molecule has 0 fully saturated rings. The van der Waals surface area contributed by atoms with Crippen LogP contribution in [0.4, 0.5) is 28.8 Å². The first kappa shape index (κ1) is 23.6. The quantitative estimate of drug-likeness (QED) is 0.248. The summed E-state index contributed by atoms with van der Waals surface area (Å²) in [5, 5.41) is 9.39. The number of nitrogens with zero attached hydrogens (tertiary/aromatic N) is 4. The molecule has 8 heteroatoms. The van der Waals surface area contributed by atoms with Crippen LogP contribution >= 0.6 is 0 Å². The lowest BCUT2D eigenvalue weighted by Crippen LogP contribution is -2.12. The van der Waals surface area contributed by atoms with Crippen LogP contribution in [0.15, 0.2) is 97.3 Å². The van der Waals surface area contributed by atoms with Crippen LogP contribution in [0.2, 0.25) is 0 Å². The number of hydrogen-bond acceptors (Lipinski definition) is 7. The molecular formula is C29H25N7O. The van der Waals surface area contributed by atoms with E-state index in [0.29, 0.717) is 23.0 Å². The first-order valence-electron chi connectivity index (χ1n) is 11.8. The average Bonchev–Trinajstić information content (AvgIpc) is 2.90. The Morgan fingerprint density at radius 1 is 0.676 bits per heavy atom. The topological polar surface area (TPSA) is 105 Å². The molecule has 0 aliphatic carbocycles. The normalized spacial score (nSPS) is 10.5. The van der Waals surface area contributed by atoms with Gasteiger partial charge in [-0.3, -0.25) is 4.79 Å². The highest BCUT2D eigenvalue weighted by molar-refractivity contribution is 6.05. The number of carbonyl (C=O) groups is 1. The van der Waals surface area contributed by atoms with Crippen LogP contribution in [0.25, 0.3) is 11.3 Å². The predicted octanol–water partition coefficient (Wildman–Crippen LogP) is 6.29. The third kappa shape index (κ3) is 6.12. The van der Waals surface area contributed by atoms with Gasteiger partial charge in [0.05, 0.1) is 5.69 Å². The number of carbonyl (C=O) groups excluding carboxylic acids is 1. The Morgan fingerprint density at radius 2 is 1.41 bits per heavy atom. The standard InChI is InChI=1S/C29H25N7O/c1-19-15-20(2)33-29(32-19)36-25-10-6-9-22(16-25)28(37)35-24-13-11-23(12-14-24)34-27-17-26(30-18-31-27)21-7-4-3-5-8-21/h3-18H,1-2H3,(H,35,37)(H,30,31,34)(H,32,33,36). The van der Waals surface area contributed by atoms with Crippen molar-refractivity contribution < 1.29 is 4.79 Å². The Bertz CT molecular complexity index is 1520. The van der Waals surface area contributed by atoms with Crippen molar-refractivity contribution >= 4 is 34.7 Å². The second-order valence-electron chi connectivity index (χ2n) is 8.49. The summed E-state index contributed by atoms with van der Waals surface area (Å²) in [6, 6.07) is 28.4. The van der Waals surface area contributed by atoms with E-state index in [-0.39, 0.29) is 5.91 Å². The highest BCUT2D eigenvalue weighted by atomic mass is 16.1. The van der Waals surface area contributed by atoms with E-state index in [4.69, 9.17) is 0 Å². The minimum absolute atomic E-state index is 0.214. The van der Waals surface area contributed by atoms with E-state index in [1.165, 1.54) is 6.33 Å². The maximum atomic E-state index is 12.9. The summed E-state index contributed by atoms with van der Waals surface area (Å²) in [5.74, 6) is 0.967. The summed E-state index contributed by atoms with van der Waals surface area (Å²) in [7, 11) is 0. The van der Waals surface area contributed by atoms with E-state index >= 15 is 0 Å². The summed E-state index contributed by atoms with van der Waals surface area (Å²) >= 11 is 0. The van der Waals surface area contributed by atoms with Gasteiger partial charge in [-0.05, 0) is 62.4 Å². The number of rotatable bonds is 7. The van der Waals surface area contributed by atoms with Gasteiger partial charge in [-0.15, -0.1) is 0 Å². The third-order valence-corrected chi connectivity index (χ3v) is 5.51. The zero-order valence-corrected chi connectivity index (χ0v) is 20.4. The van der Waals surface area contributed by atoms with E-state index < -0.39 is 0 Å². The van der Waals surface area contributed by atoms with Gasteiger partial charge in [-0.2, -0.15) is 0 Å². The summed E-state index contributed by atoms with van der Waals surface area (Å²) in [6.07, 6.45) is 1.54. The van der Waals surface area contributed by atoms with Crippen molar-refractivity contribution in [2.24, 2.45) is 0 Å². The maximum absolute atomic E-state index is 12.9. The molecule has 0 spiro atoms. The van der Waals surface area contributed by atoms with Gasteiger partial charge < -0.3 is 16.0 Å². The second kappa shape index (κ2) is 10.7. The SMILES string of the molecule is Cc1cc(C)nc(Nc2cccc(C(=O)Nc3ccc(Nc4cc(-c5ccccc5)ncn4)cc3)c2)n1. The van der Waals surface area contributed by atoms with Gasteiger partial charge in [0.1, 0.15) is 12.1 Å². The number of hydrogen-bond donors (Lipinski definition) is 3. The molecule has 2 aromatic heterocycles. The largest absolute Gasteiger partial charge is 0.340 e. The summed E-state index contributed by atoms with van der Waals surface area (Å²) in [5.41, 5.74) is 6.38. The molecule has 5 aromatic rings. The smallest absolute Gasteiger partial charge is 0.255 e. The Hall–Kier alpha value is -5.11. The van der Waals surface area contributed by atoms with Crippen LogP contribution in [-0.4, -0.2) is 25.8 Å². The van der Waals surface area contributed by atoms with Crippen molar-refractivity contribution in [2.45, 2.75) is 13.8 Å². The molecular weight excluding hydrogens is 462 g/mol. The molecule has 5 rings (SSSR count). The molecule has 0 atom stereocenters. The second-order valence-corrected chi connectivity index (χ2v) is 8.49. The van der Waals surface area contributed by atoms with Crippen LogP contribution in [0, 0.1) is 13.8 Å². The highest BCUT2D eigenvalue weighted by Gasteiger charge is 2.09. The third-order valence-electron chi connectivity index (χ3n) is 5.51. The van der Waals surface area contributed by atoms with Crippen molar-refractivity contribution in [3.8, 4) is 11.3 Å². The van der Waals surface area contributed by atoms with Crippen LogP contribution in [0.3, 0.4) is 0 Å². The lowest BCUT2D eigenvalue weighted by molar-refractivity contribution is 0.102. The van der Waals surface area contributed by atoms with Gasteiger partial charge in [0.15, 0.2) is 0 Å². The number of aryl methyl sites for hydroxylation is 2. The van der Waals surface area contributed by atoms with Gasteiger partial charge in [0.2, 0.25) is 5.95 Å². The molecule has 0 saturated heterocycles. The van der Waals surface area contributed by atoms with Crippen molar-refractivity contribution in [1.82, 2.24) is 19.9 Å². The van der Waals surface area contributed by atoms with E-state index in [2.05, 4.69) is 35.9 Å². The van der Waals surface area contributed by atoms with Crippen molar-refractivity contribution in [2.75, 3.05) is 16.0 Å². The van der Waals surface area contributed by atoms with E-state index in [1.54, 1.807) is 12.1 Å². The number of anilines is 5. The molecule has 0 aliphatic heterocycles. The van der Waals surface area contributed by atoms with E-state index in [0.717, 1.165) is 34.0 Å². The summed E-state index contributed by atoms with van der Waals surface area (Å²) < 4.78 is 0. The number of amides is 1. The van der Waals surface area contributed by atoms with Gasteiger partial charge in [0.25, 0.3) is 5.91 Å². The molecule has 37 heavy (non-hydrogen) atoms. The number of nitrogens with one attached hydrogen (secondary N) is 3. The van der Waals surface area contributed by atoms with Gasteiger partial charge >= 0.3 is 0 Å².